The van der Waals surface area contributed by atoms with E-state index in [9.17, 15) is 9.18 Å². The molecule has 2 aromatic carbocycles. The number of anilines is 1. The molecule has 0 spiro atoms. The number of halogens is 3. The third-order valence-electron chi connectivity index (χ3n) is 2.72. The first-order chi connectivity index (χ1) is 9.47. The quantitative estimate of drug-likeness (QED) is 0.870. The fraction of sp³-hybridized carbons (Fsp3) is 0.0714. The molecule has 0 aromatic heterocycles. The molecule has 0 aliphatic rings. The topological polar surface area (TPSA) is 55.1 Å². The van der Waals surface area contributed by atoms with Crippen LogP contribution in [0.15, 0.2) is 40.9 Å². The Morgan fingerprint density at radius 2 is 2.05 bits per heavy atom. The van der Waals surface area contributed by atoms with Gasteiger partial charge in [-0.15, -0.1) is 0 Å². The van der Waals surface area contributed by atoms with E-state index in [0.717, 1.165) is 5.56 Å². The van der Waals surface area contributed by atoms with Crippen molar-refractivity contribution in [3.63, 3.8) is 0 Å². The van der Waals surface area contributed by atoms with Crippen LogP contribution in [0.1, 0.15) is 15.9 Å². The smallest absolute Gasteiger partial charge is 0.248 e. The average molecular weight is 358 g/mol. The van der Waals surface area contributed by atoms with Gasteiger partial charge >= 0.3 is 0 Å². The Morgan fingerprint density at radius 3 is 2.70 bits per heavy atom. The molecule has 0 heterocycles. The van der Waals surface area contributed by atoms with Crippen molar-refractivity contribution in [2.24, 2.45) is 5.73 Å². The van der Waals surface area contributed by atoms with Crippen molar-refractivity contribution in [1.82, 2.24) is 0 Å². The third-order valence-corrected chi connectivity index (χ3v) is 3.66. The van der Waals surface area contributed by atoms with Crippen LogP contribution in [0.4, 0.5) is 10.1 Å². The molecule has 0 saturated carbocycles. The van der Waals surface area contributed by atoms with Crippen LogP contribution in [-0.4, -0.2) is 5.91 Å². The Morgan fingerprint density at radius 1 is 1.30 bits per heavy atom. The molecule has 0 radical (unpaired) electrons. The minimum Gasteiger partial charge on any atom is -0.380 e. The van der Waals surface area contributed by atoms with Crippen LogP contribution in [0.5, 0.6) is 0 Å². The van der Waals surface area contributed by atoms with E-state index in [-0.39, 0.29) is 5.82 Å². The van der Waals surface area contributed by atoms with E-state index in [2.05, 4.69) is 21.2 Å². The van der Waals surface area contributed by atoms with Gasteiger partial charge in [-0.3, -0.25) is 4.79 Å². The van der Waals surface area contributed by atoms with Gasteiger partial charge in [-0.25, -0.2) is 4.39 Å². The average Bonchev–Trinajstić information content (AvgIpc) is 2.41. The van der Waals surface area contributed by atoms with Crippen LogP contribution in [0, 0.1) is 5.82 Å². The molecule has 1 amide bonds. The normalized spacial score (nSPS) is 10.3. The van der Waals surface area contributed by atoms with E-state index in [1.807, 2.05) is 0 Å². The van der Waals surface area contributed by atoms with Crippen molar-refractivity contribution in [1.29, 1.82) is 0 Å². The van der Waals surface area contributed by atoms with E-state index in [1.54, 1.807) is 30.3 Å². The van der Waals surface area contributed by atoms with E-state index >= 15 is 0 Å². The lowest BCUT2D eigenvalue weighted by Crippen LogP contribution is -2.11. The Hall–Kier alpha value is -1.59. The highest BCUT2D eigenvalue weighted by Gasteiger charge is 2.06. The van der Waals surface area contributed by atoms with E-state index in [0.29, 0.717) is 27.3 Å². The monoisotopic (exact) mass is 356 g/mol. The summed E-state index contributed by atoms with van der Waals surface area (Å²) in [6.45, 7) is 0.445. The molecule has 3 N–H and O–H groups in total. The van der Waals surface area contributed by atoms with Crippen LogP contribution in [-0.2, 0) is 6.54 Å². The van der Waals surface area contributed by atoms with Crippen molar-refractivity contribution in [2.45, 2.75) is 6.54 Å². The molecule has 3 nitrogen and oxygen atoms in total. The van der Waals surface area contributed by atoms with Gasteiger partial charge in [0.25, 0.3) is 0 Å². The minimum absolute atomic E-state index is 0.317. The molecular formula is C14H11BrClFN2O. The maximum atomic E-state index is 13.1. The molecule has 20 heavy (non-hydrogen) atoms. The molecule has 0 saturated heterocycles. The van der Waals surface area contributed by atoms with E-state index in [1.165, 1.54) is 6.07 Å². The molecule has 0 aliphatic carbocycles. The van der Waals surface area contributed by atoms with Crippen LogP contribution in [0.25, 0.3) is 0 Å². The number of hydrogen-bond acceptors (Lipinski definition) is 2. The predicted molar refractivity (Wildman–Crippen MR) is 81.4 cm³/mol. The van der Waals surface area contributed by atoms with Gasteiger partial charge in [0, 0.05) is 12.1 Å². The summed E-state index contributed by atoms with van der Waals surface area (Å²) in [6, 6.07) is 9.47. The highest BCUT2D eigenvalue weighted by molar-refractivity contribution is 9.10. The van der Waals surface area contributed by atoms with Gasteiger partial charge in [0.2, 0.25) is 5.91 Å². The maximum Gasteiger partial charge on any atom is 0.248 e. The molecule has 0 atom stereocenters. The zero-order valence-electron chi connectivity index (χ0n) is 10.3. The summed E-state index contributed by atoms with van der Waals surface area (Å²) in [7, 11) is 0. The van der Waals surface area contributed by atoms with Crippen molar-refractivity contribution >= 4 is 39.1 Å². The second kappa shape index (κ2) is 6.24. The number of carbonyl (C=O) groups is 1. The summed E-state index contributed by atoms with van der Waals surface area (Å²) < 4.78 is 13.5. The molecular weight excluding hydrogens is 347 g/mol. The Labute approximate surface area is 129 Å². The van der Waals surface area contributed by atoms with Crippen LogP contribution in [0.2, 0.25) is 5.02 Å². The van der Waals surface area contributed by atoms with Gasteiger partial charge in [0.05, 0.1) is 15.2 Å². The first-order valence-corrected chi connectivity index (χ1v) is 6.91. The molecule has 0 aliphatic heterocycles. The molecule has 2 aromatic rings. The Kier molecular flexibility index (Phi) is 4.62. The fourth-order valence-electron chi connectivity index (χ4n) is 1.66. The van der Waals surface area contributed by atoms with Gasteiger partial charge in [-0.05, 0) is 51.8 Å². The van der Waals surface area contributed by atoms with Crippen molar-refractivity contribution in [3.05, 3.63) is 62.8 Å². The van der Waals surface area contributed by atoms with Gasteiger partial charge in [-0.1, -0.05) is 17.7 Å². The van der Waals surface area contributed by atoms with Gasteiger partial charge in [-0.2, -0.15) is 0 Å². The molecule has 2 rings (SSSR count). The van der Waals surface area contributed by atoms with Crippen molar-refractivity contribution in [2.75, 3.05) is 5.32 Å². The van der Waals surface area contributed by atoms with Gasteiger partial charge in [0.15, 0.2) is 0 Å². The van der Waals surface area contributed by atoms with Crippen molar-refractivity contribution in [3.8, 4) is 0 Å². The van der Waals surface area contributed by atoms with E-state index in [4.69, 9.17) is 17.3 Å². The summed E-state index contributed by atoms with van der Waals surface area (Å²) in [6.07, 6.45) is 0. The second-order valence-electron chi connectivity index (χ2n) is 4.16. The largest absolute Gasteiger partial charge is 0.380 e. The number of hydrogen-bond donors (Lipinski definition) is 2. The SMILES string of the molecule is NC(=O)c1ccc(Cl)c(NCc2ccc(F)c(Br)c2)c1. The molecule has 0 unspecified atom stereocenters. The number of rotatable bonds is 4. The number of benzene rings is 2. The van der Waals surface area contributed by atoms with Crippen molar-refractivity contribution < 1.29 is 9.18 Å². The highest BCUT2D eigenvalue weighted by atomic mass is 79.9. The number of primary amides is 1. The fourth-order valence-corrected chi connectivity index (χ4v) is 2.27. The van der Waals surface area contributed by atoms with E-state index < -0.39 is 5.91 Å². The molecule has 104 valence electrons. The Balaban J connectivity index is 2.15. The van der Waals surface area contributed by atoms with Crippen LogP contribution < -0.4 is 11.1 Å². The van der Waals surface area contributed by atoms with Gasteiger partial charge < -0.3 is 11.1 Å². The zero-order valence-corrected chi connectivity index (χ0v) is 12.6. The van der Waals surface area contributed by atoms with Crippen LogP contribution >= 0.6 is 27.5 Å². The summed E-state index contributed by atoms with van der Waals surface area (Å²) in [4.78, 5) is 11.1. The number of nitrogens with one attached hydrogen (secondary N) is 1. The summed E-state index contributed by atoms with van der Waals surface area (Å²) in [5.41, 5.74) is 7.07. The first kappa shape index (κ1) is 14.8. The summed E-state index contributed by atoms with van der Waals surface area (Å²) >= 11 is 9.17. The number of amides is 1. The summed E-state index contributed by atoms with van der Waals surface area (Å²) in [5, 5.41) is 3.57. The lowest BCUT2D eigenvalue weighted by Gasteiger charge is -2.10. The lowest BCUT2D eigenvalue weighted by atomic mass is 10.1. The molecule has 0 bridgehead atoms. The molecule has 0 fully saturated rings. The third kappa shape index (κ3) is 3.49. The summed E-state index contributed by atoms with van der Waals surface area (Å²) in [5.74, 6) is -0.836. The first-order valence-electron chi connectivity index (χ1n) is 5.74. The number of carbonyl (C=O) groups excluding carboxylic acids is 1. The van der Waals surface area contributed by atoms with Crippen LogP contribution in [0.3, 0.4) is 0 Å². The minimum atomic E-state index is -0.519. The second-order valence-corrected chi connectivity index (χ2v) is 5.42. The maximum absolute atomic E-state index is 13.1. The lowest BCUT2D eigenvalue weighted by molar-refractivity contribution is 0.100. The highest BCUT2D eigenvalue weighted by Crippen LogP contribution is 2.24. The molecule has 6 heteroatoms. The Bertz CT molecular complexity index is 664. The number of nitrogens with two attached hydrogens (primary N) is 1. The predicted octanol–water partition coefficient (Wildman–Crippen LogP) is 3.95. The standard InChI is InChI=1S/C14H11BrClFN2O/c15-10-5-8(1-4-12(10)17)7-19-13-6-9(14(18)20)2-3-11(13)16/h1-6,19H,7H2,(H2,18,20). The zero-order chi connectivity index (χ0) is 14.7. The van der Waals surface area contributed by atoms with Gasteiger partial charge in [0.1, 0.15) is 5.82 Å².